The number of nitrogens with zero attached hydrogens (tertiary/aromatic N) is 5. The van der Waals surface area contributed by atoms with Gasteiger partial charge in [-0.3, -0.25) is 14.5 Å². The Morgan fingerprint density at radius 1 is 1.16 bits per heavy atom. The van der Waals surface area contributed by atoms with Gasteiger partial charge in [0.15, 0.2) is 5.82 Å². The zero-order valence-corrected chi connectivity index (χ0v) is 17.8. The number of hydrogen-bond acceptors (Lipinski definition) is 6. The molecule has 32 heavy (non-hydrogen) atoms. The van der Waals surface area contributed by atoms with E-state index in [0.717, 1.165) is 5.56 Å². The first-order chi connectivity index (χ1) is 15.6. The first-order valence-corrected chi connectivity index (χ1v) is 10.6. The van der Waals surface area contributed by atoms with E-state index in [9.17, 15) is 9.59 Å². The molecule has 0 spiro atoms. The van der Waals surface area contributed by atoms with Crippen LogP contribution in [0.5, 0.6) is 5.75 Å². The van der Waals surface area contributed by atoms with Crippen LogP contribution in [0.3, 0.4) is 0 Å². The molecule has 164 valence electrons. The number of benzene rings is 2. The summed E-state index contributed by atoms with van der Waals surface area (Å²) in [6.45, 7) is 2.31. The summed E-state index contributed by atoms with van der Waals surface area (Å²) < 4.78 is 7.80. The number of aryl methyl sites for hydroxylation is 1. The SMILES string of the molecule is Cn1ncnc1-c1ccc2c(c1)NC(=O)CN1CCN(C(=O)c3ccccc3)C[C@@H]1CO2. The number of nitrogens with one attached hydrogen (secondary N) is 1. The highest BCUT2D eigenvalue weighted by molar-refractivity contribution is 5.95. The maximum atomic E-state index is 12.9. The van der Waals surface area contributed by atoms with Crippen LogP contribution in [-0.4, -0.2) is 75.2 Å². The molecule has 0 aliphatic carbocycles. The molecule has 0 saturated carbocycles. The minimum atomic E-state index is -0.111. The number of ether oxygens (including phenoxy) is 1. The summed E-state index contributed by atoms with van der Waals surface area (Å²) in [4.78, 5) is 33.9. The summed E-state index contributed by atoms with van der Waals surface area (Å²) >= 11 is 0. The zero-order chi connectivity index (χ0) is 22.1. The molecule has 9 nitrogen and oxygen atoms in total. The number of anilines is 1. The smallest absolute Gasteiger partial charge is 0.253 e. The summed E-state index contributed by atoms with van der Waals surface area (Å²) in [5, 5.41) is 7.08. The first-order valence-electron chi connectivity index (χ1n) is 10.6. The van der Waals surface area contributed by atoms with Crippen molar-refractivity contribution in [3.8, 4) is 17.1 Å². The molecule has 2 aliphatic heterocycles. The highest BCUT2D eigenvalue weighted by atomic mass is 16.5. The van der Waals surface area contributed by atoms with Gasteiger partial charge in [0.05, 0.1) is 18.3 Å². The Labute approximate surface area is 185 Å². The Morgan fingerprint density at radius 2 is 2.00 bits per heavy atom. The minimum absolute atomic E-state index is 0.00305. The molecule has 0 bridgehead atoms. The quantitative estimate of drug-likeness (QED) is 0.662. The van der Waals surface area contributed by atoms with E-state index in [2.05, 4.69) is 20.3 Å². The number of carbonyl (C=O) groups is 2. The number of carbonyl (C=O) groups excluding carboxylic acids is 2. The lowest BCUT2D eigenvalue weighted by Crippen LogP contribution is -2.57. The van der Waals surface area contributed by atoms with E-state index in [0.29, 0.717) is 49.1 Å². The molecule has 3 aromatic rings. The van der Waals surface area contributed by atoms with Gasteiger partial charge in [0, 0.05) is 37.8 Å². The minimum Gasteiger partial charge on any atom is -0.490 e. The highest BCUT2D eigenvalue weighted by Gasteiger charge is 2.32. The fraction of sp³-hybridized carbons (Fsp3) is 0.304. The van der Waals surface area contributed by atoms with E-state index in [1.165, 1.54) is 6.33 Å². The van der Waals surface area contributed by atoms with Gasteiger partial charge in [0.25, 0.3) is 5.91 Å². The molecular formula is C23H24N6O3. The Bertz CT molecular complexity index is 1150. The topological polar surface area (TPSA) is 92.6 Å². The third-order valence-corrected chi connectivity index (χ3v) is 5.91. The van der Waals surface area contributed by atoms with Crippen molar-refractivity contribution < 1.29 is 14.3 Å². The third-order valence-electron chi connectivity index (χ3n) is 5.91. The summed E-state index contributed by atoms with van der Waals surface area (Å²) in [5.74, 6) is 1.19. The molecule has 1 fully saturated rings. The molecule has 2 aliphatic rings. The van der Waals surface area contributed by atoms with Crippen LogP contribution in [0.4, 0.5) is 5.69 Å². The molecule has 3 heterocycles. The third kappa shape index (κ3) is 3.94. The second-order valence-electron chi connectivity index (χ2n) is 8.02. The van der Waals surface area contributed by atoms with Crippen molar-refractivity contribution >= 4 is 17.5 Å². The van der Waals surface area contributed by atoms with Gasteiger partial charge < -0.3 is 15.0 Å². The van der Waals surface area contributed by atoms with Crippen molar-refractivity contribution in [1.29, 1.82) is 0 Å². The number of amides is 2. The van der Waals surface area contributed by atoms with Crippen LogP contribution >= 0.6 is 0 Å². The maximum Gasteiger partial charge on any atom is 0.253 e. The Hall–Kier alpha value is -3.72. The van der Waals surface area contributed by atoms with Crippen molar-refractivity contribution in [3.05, 3.63) is 60.4 Å². The van der Waals surface area contributed by atoms with E-state index in [1.54, 1.807) is 4.68 Å². The standard InChI is InChI=1S/C23H24N6O3/c1-27-22(24-15-25-27)17-7-8-20-19(11-17)26-21(30)13-28-9-10-29(12-18(28)14-32-20)23(31)16-5-3-2-4-6-16/h2-8,11,15,18H,9-10,12-14H2,1H3,(H,26,30)/t18-/m1/s1. The molecule has 1 saturated heterocycles. The predicted molar refractivity (Wildman–Crippen MR) is 118 cm³/mol. The first kappa shape index (κ1) is 20.2. The van der Waals surface area contributed by atoms with Gasteiger partial charge in [0.2, 0.25) is 5.91 Å². The van der Waals surface area contributed by atoms with Crippen molar-refractivity contribution in [2.75, 3.05) is 38.1 Å². The normalized spacial score (nSPS) is 19.0. The van der Waals surface area contributed by atoms with Crippen LogP contribution < -0.4 is 10.1 Å². The van der Waals surface area contributed by atoms with Gasteiger partial charge in [-0.1, -0.05) is 18.2 Å². The van der Waals surface area contributed by atoms with Crippen LogP contribution in [0, 0.1) is 0 Å². The van der Waals surface area contributed by atoms with Gasteiger partial charge in [-0.15, -0.1) is 0 Å². The Kier molecular flexibility index (Phi) is 5.32. The van der Waals surface area contributed by atoms with Crippen LogP contribution in [0.15, 0.2) is 54.9 Å². The number of piperazine rings is 1. The molecule has 1 aromatic heterocycles. The average molecular weight is 432 g/mol. The van der Waals surface area contributed by atoms with Gasteiger partial charge >= 0.3 is 0 Å². The molecule has 0 radical (unpaired) electrons. The molecular weight excluding hydrogens is 408 g/mol. The molecule has 1 N–H and O–H groups in total. The lowest BCUT2D eigenvalue weighted by atomic mass is 10.1. The van der Waals surface area contributed by atoms with E-state index in [1.807, 2.05) is 60.5 Å². The number of fused-ring (bicyclic) bond motifs is 2. The number of aromatic nitrogens is 3. The summed E-state index contributed by atoms with van der Waals surface area (Å²) in [6.07, 6.45) is 1.49. The van der Waals surface area contributed by atoms with Crippen molar-refractivity contribution in [3.63, 3.8) is 0 Å². The highest BCUT2D eigenvalue weighted by Crippen LogP contribution is 2.31. The number of rotatable bonds is 2. The molecule has 2 aromatic carbocycles. The molecule has 9 heteroatoms. The van der Waals surface area contributed by atoms with E-state index >= 15 is 0 Å². The molecule has 2 amide bonds. The van der Waals surface area contributed by atoms with Crippen molar-refractivity contribution in [1.82, 2.24) is 24.6 Å². The van der Waals surface area contributed by atoms with E-state index in [-0.39, 0.29) is 24.4 Å². The van der Waals surface area contributed by atoms with Crippen LogP contribution in [0.25, 0.3) is 11.4 Å². The lowest BCUT2D eigenvalue weighted by molar-refractivity contribution is -0.118. The van der Waals surface area contributed by atoms with Crippen molar-refractivity contribution in [2.24, 2.45) is 7.05 Å². The largest absolute Gasteiger partial charge is 0.490 e. The fourth-order valence-corrected chi connectivity index (χ4v) is 4.22. The van der Waals surface area contributed by atoms with Gasteiger partial charge in [-0.25, -0.2) is 9.67 Å². The van der Waals surface area contributed by atoms with Crippen LogP contribution in [0.1, 0.15) is 10.4 Å². The Morgan fingerprint density at radius 3 is 2.78 bits per heavy atom. The zero-order valence-electron chi connectivity index (χ0n) is 17.8. The molecule has 1 atom stereocenters. The van der Waals surface area contributed by atoms with Crippen LogP contribution in [0.2, 0.25) is 0 Å². The van der Waals surface area contributed by atoms with E-state index < -0.39 is 0 Å². The predicted octanol–water partition coefficient (Wildman–Crippen LogP) is 1.64. The summed E-state index contributed by atoms with van der Waals surface area (Å²) in [5.41, 5.74) is 2.11. The molecule has 0 unspecified atom stereocenters. The number of hydrogen-bond donors (Lipinski definition) is 1. The van der Waals surface area contributed by atoms with E-state index in [4.69, 9.17) is 4.74 Å². The second kappa shape index (κ2) is 8.43. The van der Waals surface area contributed by atoms with Crippen molar-refractivity contribution in [2.45, 2.75) is 6.04 Å². The van der Waals surface area contributed by atoms with Gasteiger partial charge in [-0.2, -0.15) is 5.10 Å². The second-order valence-corrected chi connectivity index (χ2v) is 8.02. The lowest BCUT2D eigenvalue weighted by Gasteiger charge is -2.40. The summed E-state index contributed by atoms with van der Waals surface area (Å²) in [7, 11) is 1.82. The van der Waals surface area contributed by atoms with Crippen LogP contribution in [-0.2, 0) is 11.8 Å². The molecule has 5 rings (SSSR count). The van der Waals surface area contributed by atoms with Gasteiger partial charge in [-0.05, 0) is 30.3 Å². The van der Waals surface area contributed by atoms with Gasteiger partial charge in [0.1, 0.15) is 18.7 Å². The maximum absolute atomic E-state index is 12.9. The summed E-state index contributed by atoms with van der Waals surface area (Å²) in [6, 6.07) is 14.8. The monoisotopic (exact) mass is 432 g/mol. The average Bonchev–Trinajstić information content (AvgIpc) is 3.26. The Balaban J connectivity index is 1.36. The fourth-order valence-electron chi connectivity index (χ4n) is 4.22.